The van der Waals surface area contributed by atoms with Crippen molar-refractivity contribution in [2.24, 2.45) is 14.1 Å². The van der Waals surface area contributed by atoms with Crippen LogP contribution in [0, 0.1) is 0 Å². The van der Waals surface area contributed by atoms with Crippen molar-refractivity contribution in [3.8, 4) is 0 Å². The molecular formula is C11H14F3N5. The predicted molar refractivity (Wildman–Crippen MR) is 62.0 cm³/mol. The Kier molecular flexibility index (Phi) is 3.61. The third-order valence-corrected chi connectivity index (χ3v) is 2.61. The van der Waals surface area contributed by atoms with Crippen LogP contribution in [0.5, 0.6) is 0 Å². The Bertz CT molecular complexity index is 555. The molecule has 0 aliphatic carbocycles. The molecule has 2 aromatic heterocycles. The maximum absolute atomic E-state index is 12.6. The molecule has 0 aromatic carbocycles. The largest absolute Gasteiger partial charge is 0.433 e. The van der Waals surface area contributed by atoms with Gasteiger partial charge >= 0.3 is 6.18 Å². The third-order valence-electron chi connectivity index (χ3n) is 2.61. The Morgan fingerprint density at radius 1 is 1.26 bits per heavy atom. The minimum Gasteiger partial charge on any atom is -0.307 e. The fourth-order valence-electron chi connectivity index (χ4n) is 1.78. The molecule has 2 heterocycles. The molecule has 8 heteroatoms. The van der Waals surface area contributed by atoms with Gasteiger partial charge in [-0.1, -0.05) is 0 Å². The molecule has 2 aromatic rings. The van der Waals surface area contributed by atoms with Crippen molar-refractivity contribution in [3.05, 3.63) is 35.4 Å². The van der Waals surface area contributed by atoms with Gasteiger partial charge in [0.25, 0.3) is 0 Å². The summed E-state index contributed by atoms with van der Waals surface area (Å²) in [4.78, 5) is 0. The summed E-state index contributed by atoms with van der Waals surface area (Å²) in [7, 11) is 3.09. The number of rotatable bonds is 4. The van der Waals surface area contributed by atoms with Gasteiger partial charge in [0.15, 0.2) is 0 Å². The third kappa shape index (κ3) is 3.34. The summed E-state index contributed by atoms with van der Waals surface area (Å²) in [6.07, 6.45) is -0.831. The Morgan fingerprint density at radius 3 is 2.53 bits per heavy atom. The first-order valence-electron chi connectivity index (χ1n) is 5.64. The molecule has 2 rings (SSSR count). The van der Waals surface area contributed by atoms with Crippen molar-refractivity contribution >= 4 is 0 Å². The van der Waals surface area contributed by atoms with E-state index in [1.807, 2.05) is 6.20 Å². The molecule has 0 spiro atoms. The van der Waals surface area contributed by atoms with Crippen LogP contribution in [0.2, 0.25) is 0 Å². The zero-order valence-electron chi connectivity index (χ0n) is 10.6. The molecule has 0 aliphatic heterocycles. The van der Waals surface area contributed by atoms with E-state index in [9.17, 15) is 13.2 Å². The lowest BCUT2D eigenvalue weighted by molar-refractivity contribution is -0.143. The molecule has 0 unspecified atom stereocenters. The minimum atomic E-state index is -4.37. The van der Waals surface area contributed by atoms with E-state index in [1.54, 1.807) is 17.9 Å². The quantitative estimate of drug-likeness (QED) is 0.917. The van der Waals surface area contributed by atoms with Gasteiger partial charge in [0.05, 0.1) is 11.9 Å². The summed E-state index contributed by atoms with van der Waals surface area (Å²) >= 11 is 0. The molecule has 104 valence electrons. The van der Waals surface area contributed by atoms with E-state index in [2.05, 4.69) is 15.5 Å². The lowest BCUT2D eigenvalue weighted by Crippen LogP contribution is -2.13. The van der Waals surface area contributed by atoms with Crippen LogP contribution in [0.15, 0.2) is 18.5 Å². The molecule has 5 nitrogen and oxygen atoms in total. The maximum Gasteiger partial charge on any atom is 0.433 e. The van der Waals surface area contributed by atoms with Crippen LogP contribution >= 0.6 is 0 Å². The summed E-state index contributed by atoms with van der Waals surface area (Å²) < 4.78 is 40.2. The first-order valence-corrected chi connectivity index (χ1v) is 5.64. The molecule has 0 amide bonds. The molecule has 0 bridgehead atoms. The number of nitrogens with zero attached hydrogens (tertiary/aromatic N) is 4. The van der Waals surface area contributed by atoms with Gasteiger partial charge < -0.3 is 5.32 Å². The van der Waals surface area contributed by atoms with Gasteiger partial charge in [-0.05, 0) is 6.07 Å². The lowest BCUT2D eigenvalue weighted by Gasteiger charge is -2.04. The highest BCUT2D eigenvalue weighted by atomic mass is 19.4. The van der Waals surface area contributed by atoms with Gasteiger partial charge in [0.1, 0.15) is 5.69 Å². The molecule has 0 atom stereocenters. The highest BCUT2D eigenvalue weighted by Gasteiger charge is 2.34. The second-order valence-corrected chi connectivity index (χ2v) is 4.27. The zero-order valence-corrected chi connectivity index (χ0v) is 10.6. The maximum atomic E-state index is 12.6. The molecule has 0 saturated heterocycles. The van der Waals surface area contributed by atoms with Crippen molar-refractivity contribution in [1.29, 1.82) is 0 Å². The van der Waals surface area contributed by atoms with Gasteiger partial charge in [-0.25, -0.2) is 0 Å². The van der Waals surface area contributed by atoms with Gasteiger partial charge in [-0.15, -0.1) is 0 Å². The van der Waals surface area contributed by atoms with Crippen LogP contribution in [0.4, 0.5) is 13.2 Å². The monoisotopic (exact) mass is 273 g/mol. The van der Waals surface area contributed by atoms with Crippen LogP contribution in [0.3, 0.4) is 0 Å². The number of hydrogen-bond donors (Lipinski definition) is 1. The fourth-order valence-corrected chi connectivity index (χ4v) is 1.78. The van der Waals surface area contributed by atoms with E-state index < -0.39 is 11.9 Å². The van der Waals surface area contributed by atoms with Gasteiger partial charge in [-0.2, -0.15) is 23.4 Å². The second kappa shape index (κ2) is 5.04. The Balaban J connectivity index is 1.93. The van der Waals surface area contributed by atoms with E-state index in [4.69, 9.17) is 0 Å². The first kappa shape index (κ1) is 13.6. The summed E-state index contributed by atoms with van der Waals surface area (Å²) in [5, 5.41) is 10.9. The van der Waals surface area contributed by atoms with Crippen LogP contribution in [0.1, 0.15) is 17.0 Å². The van der Waals surface area contributed by atoms with E-state index in [1.165, 1.54) is 7.05 Å². The topological polar surface area (TPSA) is 47.7 Å². The molecule has 1 N–H and O–H groups in total. The molecule has 0 aliphatic rings. The number of aromatic nitrogens is 4. The molecule has 19 heavy (non-hydrogen) atoms. The van der Waals surface area contributed by atoms with Crippen molar-refractivity contribution in [1.82, 2.24) is 24.9 Å². The van der Waals surface area contributed by atoms with E-state index in [-0.39, 0.29) is 6.54 Å². The standard InChI is InChI=1S/C11H14F3N5/c1-18-7-8(5-16-18)4-15-6-9-3-10(11(12,13)14)19(2)17-9/h3,5,7,15H,4,6H2,1-2H3. The van der Waals surface area contributed by atoms with Gasteiger partial charge in [0, 0.05) is 38.9 Å². The molecule has 0 saturated carbocycles. The minimum absolute atomic E-state index is 0.277. The smallest absolute Gasteiger partial charge is 0.307 e. The van der Waals surface area contributed by atoms with Gasteiger partial charge in [-0.3, -0.25) is 9.36 Å². The fraction of sp³-hybridized carbons (Fsp3) is 0.455. The summed E-state index contributed by atoms with van der Waals surface area (Å²) in [5.74, 6) is 0. The number of nitrogens with one attached hydrogen (secondary N) is 1. The number of alkyl halides is 3. The van der Waals surface area contributed by atoms with Crippen LogP contribution < -0.4 is 5.32 Å². The Morgan fingerprint density at radius 2 is 2.00 bits per heavy atom. The molecule has 0 fully saturated rings. The van der Waals surface area contributed by atoms with Gasteiger partial charge in [0.2, 0.25) is 0 Å². The lowest BCUT2D eigenvalue weighted by atomic mass is 10.3. The summed E-state index contributed by atoms with van der Waals surface area (Å²) in [6.45, 7) is 0.810. The Labute approximate surface area is 108 Å². The highest BCUT2D eigenvalue weighted by molar-refractivity contribution is 5.13. The second-order valence-electron chi connectivity index (χ2n) is 4.27. The number of halogens is 3. The number of aryl methyl sites for hydroxylation is 2. The highest BCUT2D eigenvalue weighted by Crippen LogP contribution is 2.29. The predicted octanol–water partition coefficient (Wildman–Crippen LogP) is 1.46. The average molecular weight is 273 g/mol. The zero-order chi connectivity index (χ0) is 14.0. The average Bonchev–Trinajstić information content (AvgIpc) is 2.85. The van der Waals surface area contributed by atoms with E-state index >= 15 is 0 Å². The Hall–Kier alpha value is -1.83. The molecular weight excluding hydrogens is 259 g/mol. The normalized spacial score (nSPS) is 12.1. The van der Waals surface area contributed by atoms with Crippen molar-refractivity contribution in [3.63, 3.8) is 0 Å². The van der Waals surface area contributed by atoms with E-state index in [0.717, 1.165) is 16.3 Å². The first-order chi connectivity index (χ1) is 8.86. The summed E-state index contributed by atoms with van der Waals surface area (Å²) in [6, 6.07) is 1.05. The number of hydrogen-bond acceptors (Lipinski definition) is 3. The van der Waals surface area contributed by atoms with Crippen molar-refractivity contribution in [2.75, 3.05) is 0 Å². The molecule has 0 radical (unpaired) electrons. The summed E-state index contributed by atoms with van der Waals surface area (Å²) in [5.41, 5.74) is 0.582. The van der Waals surface area contributed by atoms with E-state index in [0.29, 0.717) is 12.2 Å². The van der Waals surface area contributed by atoms with Crippen LogP contribution in [-0.2, 0) is 33.4 Å². The van der Waals surface area contributed by atoms with Crippen molar-refractivity contribution < 1.29 is 13.2 Å². The van der Waals surface area contributed by atoms with Crippen LogP contribution in [0.25, 0.3) is 0 Å². The van der Waals surface area contributed by atoms with Crippen LogP contribution in [-0.4, -0.2) is 19.6 Å². The SMILES string of the molecule is Cn1cc(CNCc2cc(C(F)(F)F)n(C)n2)cn1. The van der Waals surface area contributed by atoms with Crippen molar-refractivity contribution in [2.45, 2.75) is 19.3 Å².